The van der Waals surface area contributed by atoms with Gasteiger partial charge >= 0.3 is 0 Å². The third-order valence-electron chi connectivity index (χ3n) is 4.51. The van der Waals surface area contributed by atoms with Crippen LogP contribution in [0.3, 0.4) is 0 Å². The Bertz CT molecular complexity index is 1040. The SMILES string of the molecule is Nc1nc(NC2CCC2)nn2ccc(-c3ccn4nccc4n3)c12. The molecule has 0 aromatic carbocycles. The minimum atomic E-state index is 0.446. The number of aromatic nitrogens is 6. The molecule has 0 radical (unpaired) electrons. The van der Waals surface area contributed by atoms with E-state index in [4.69, 9.17) is 5.73 Å². The van der Waals surface area contributed by atoms with Gasteiger partial charge in [0.05, 0.1) is 11.9 Å². The van der Waals surface area contributed by atoms with Gasteiger partial charge in [-0.2, -0.15) is 10.1 Å². The maximum Gasteiger partial charge on any atom is 0.243 e. The molecular formula is C16H16N8. The number of nitrogen functional groups attached to an aromatic ring is 1. The van der Waals surface area contributed by atoms with Gasteiger partial charge in [0.1, 0.15) is 5.52 Å². The van der Waals surface area contributed by atoms with Crippen molar-refractivity contribution in [3.05, 3.63) is 36.8 Å². The Kier molecular flexibility index (Phi) is 2.72. The largest absolute Gasteiger partial charge is 0.382 e. The van der Waals surface area contributed by atoms with E-state index in [1.54, 1.807) is 15.2 Å². The molecule has 1 saturated carbocycles. The van der Waals surface area contributed by atoms with Crippen molar-refractivity contribution in [3.63, 3.8) is 0 Å². The predicted octanol–water partition coefficient (Wildman–Crippen LogP) is 1.99. The zero-order chi connectivity index (χ0) is 16.1. The lowest BCUT2D eigenvalue weighted by atomic mass is 9.93. The quantitative estimate of drug-likeness (QED) is 0.599. The van der Waals surface area contributed by atoms with Crippen LogP contribution in [0.25, 0.3) is 22.4 Å². The Labute approximate surface area is 137 Å². The van der Waals surface area contributed by atoms with Crippen LogP contribution in [0.1, 0.15) is 19.3 Å². The molecule has 1 aliphatic rings. The van der Waals surface area contributed by atoms with Crippen molar-refractivity contribution in [2.45, 2.75) is 25.3 Å². The second kappa shape index (κ2) is 4.92. The van der Waals surface area contributed by atoms with Crippen LogP contribution in [0.2, 0.25) is 0 Å². The Morgan fingerprint density at radius 1 is 1.08 bits per heavy atom. The number of anilines is 2. The number of rotatable bonds is 3. The first-order chi connectivity index (χ1) is 11.8. The zero-order valence-corrected chi connectivity index (χ0v) is 12.9. The molecule has 4 heterocycles. The van der Waals surface area contributed by atoms with Crippen LogP contribution >= 0.6 is 0 Å². The smallest absolute Gasteiger partial charge is 0.243 e. The molecule has 0 saturated heterocycles. The van der Waals surface area contributed by atoms with Crippen LogP contribution in [0.5, 0.6) is 0 Å². The second-order valence-corrected chi connectivity index (χ2v) is 6.06. The summed E-state index contributed by atoms with van der Waals surface area (Å²) in [6.45, 7) is 0. The Morgan fingerprint density at radius 2 is 1.96 bits per heavy atom. The summed E-state index contributed by atoms with van der Waals surface area (Å²) in [7, 11) is 0. The highest BCUT2D eigenvalue weighted by molar-refractivity contribution is 5.86. The van der Waals surface area contributed by atoms with Crippen molar-refractivity contribution in [2.24, 2.45) is 0 Å². The lowest BCUT2D eigenvalue weighted by Crippen LogP contribution is -2.28. The fourth-order valence-electron chi connectivity index (χ4n) is 3.02. The van der Waals surface area contributed by atoms with E-state index in [-0.39, 0.29) is 0 Å². The lowest BCUT2D eigenvalue weighted by molar-refractivity contribution is 0.442. The molecule has 4 aromatic rings. The van der Waals surface area contributed by atoms with Gasteiger partial charge in [-0.3, -0.25) is 0 Å². The van der Waals surface area contributed by atoms with E-state index in [1.807, 2.05) is 30.6 Å². The normalized spacial score (nSPS) is 15.0. The minimum absolute atomic E-state index is 0.446. The number of nitrogens with one attached hydrogen (secondary N) is 1. The summed E-state index contributed by atoms with van der Waals surface area (Å²) < 4.78 is 3.49. The number of nitrogens with zero attached hydrogens (tertiary/aromatic N) is 6. The van der Waals surface area contributed by atoms with Crippen LogP contribution < -0.4 is 11.1 Å². The standard InChI is InChI=1S/C16H16N8/c17-15-14-11(12-6-9-23-13(20-12)4-7-18-23)5-8-24(14)22-16(21-15)19-10-2-1-3-10/h4-10H,1-3H2,(H3,17,19,21,22). The summed E-state index contributed by atoms with van der Waals surface area (Å²) in [6.07, 6.45) is 9.06. The fraction of sp³-hybridized carbons (Fsp3) is 0.250. The van der Waals surface area contributed by atoms with Crippen molar-refractivity contribution < 1.29 is 0 Å². The van der Waals surface area contributed by atoms with Gasteiger partial charge in [-0.25, -0.2) is 14.0 Å². The maximum absolute atomic E-state index is 6.21. The third-order valence-corrected chi connectivity index (χ3v) is 4.51. The summed E-state index contributed by atoms with van der Waals surface area (Å²) in [5, 5.41) is 12.0. The van der Waals surface area contributed by atoms with E-state index in [2.05, 4.69) is 25.5 Å². The summed E-state index contributed by atoms with van der Waals surface area (Å²) in [6, 6.07) is 6.20. The highest BCUT2D eigenvalue weighted by Crippen LogP contribution is 2.28. The zero-order valence-electron chi connectivity index (χ0n) is 12.9. The first kappa shape index (κ1) is 13.3. The molecule has 0 aliphatic heterocycles. The molecule has 8 nitrogen and oxygen atoms in total. The molecule has 8 heteroatoms. The van der Waals surface area contributed by atoms with Crippen LogP contribution in [0.4, 0.5) is 11.8 Å². The molecule has 1 fully saturated rings. The summed E-state index contributed by atoms with van der Waals surface area (Å²) in [4.78, 5) is 9.05. The average Bonchev–Trinajstić information content (AvgIpc) is 3.16. The predicted molar refractivity (Wildman–Crippen MR) is 90.6 cm³/mol. The molecule has 1 aliphatic carbocycles. The molecule has 120 valence electrons. The third kappa shape index (κ3) is 1.99. The summed E-state index contributed by atoms with van der Waals surface area (Å²) >= 11 is 0. The Morgan fingerprint density at radius 3 is 2.79 bits per heavy atom. The fourth-order valence-corrected chi connectivity index (χ4v) is 3.02. The highest BCUT2D eigenvalue weighted by Gasteiger charge is 2.19. The monoisotopic (exact) mass is 320 g/mol. The molecule has 5 rings (SSSR count). The first-order valence-electron chi connectivity index (χ1n) is 8.00. The lowest BCUT2D eigenvalue weighted by Gasteiger charge is -2.26. The number of nitrogens with two attached hydrogens (primary N) is 1. The first-order valence-corrected chi connectivity index (χ1v) is 8.00. The van der Waals surface area contributed by atoms with Crippen molar-refractivity contribution in [3.8, 4) is 11.3 Å². The van der Waals surface area contributed by atoms with Gasteiger partial charge in [0.2, 0.25) is 5.95 Å². The van der Waals surface area contributed by atoms with Crippen LogP contribution in [-0.2, 0) is 0 Å². The molecule has 0 spiro atoms. The van der Waals surface area contributed by atoms with E-state index in [1.165, 1.54) is 6.42 Å². The number of fused-ring (bicyclic) bond motifs is 2. The number of hydrogen-bond donors (Lipinski definition) is 2. The highest BCUT2D eigenvalue weighted by atomic mass is 15.3. The van der Waals surface area contributed by atoms with Gasteiger partial charge in [0.15, 0.2) is 11.5 Å². The summed E-state index contributed by atoms with van der Waals surface area (Å²) in [5.41, 5.74) is 9.49. The Balaban J connectivity index is 1.60. The van der Waals surface area contributed by atoms with Crippen LogP contribution in [0, 0.1) is 0 Å². The van der Waals surface area contributed by atoms with Crippen molar-refractivity contribution in [1.82, 2.24) is 29.2 Å². The van der Waals surface area contributed by atoms with Crippen LogP contribution in [0.15, 0.2) is 36.8 Å². The molecular weight excluding hydrogens is 304 g/mol. The van der Waals surface area contributed by atoms with Crippen molar-refractivity contribution in [2.75, 3.05) is 11.1 Å². The summed E-state index contributed by atoms with van der Waals surface area (Å²) in [5.74, 6) is 1.02. The molecule has 0 unspecified atom stereocenters. The van der Waals surface area contributed by atoms with Gasteiger partial charge in [0.25, 0.3) is 0 Å². The van der Waals surface area contributed by atoms with E-state index in [0.717, 1.165) is 35.3 Å². The van der Waals surface area contributed by atoms with E-state index in [0.29, 0.717) is 17.8 Å². The van der Waals surface area contributed by atoms with E-state index >= 15 is 0 Å². The number of hydrogen-bond acceptors (Lipinski definition) is 6. The molecule has 0 amide bonds. The van der Waals surface area contributed by atoms with Crippen LogP contribution in [-0.4, -0.2) is 35.2 Å². The van der Waals surface area contributed by atoms with Crippen molar-refractivity contribution in [1.29, 1.82) is 0 Å². The van der Waals surface area contributed by atoms with Gasteiger partial charge in [0, 0.05) is 30.1 Å². The molecule has 3 N–H and O–H groups in total. The van der Waals surface area contributed by atoms with Gasteiger partial charge in [-0.1, -0.05) is 0 Å². The minimum Gasteiger partial charge on any atom is -0.382 e. The Hall–Kier alpha value is -3.16. The maximum atomic E-state index is 6.21. The van der Waals surface area contributed by atoms with E-state index < -0.39 is 0 Å². The van der Waals surface area contributed by atoms with E-state index in [9.17, 15) is 0 Å². The average molecular weight is 320 g/mol. The second-order valence-electron chi connectivity index (χ2n) is 6.06. The molecule has 0 atom stereocenters. The van der Waals surface area contributed by atoms with Gasteiger partial charge < -0.3 is 11.1 Å². The van der Waals surface area contributed by atoms with Gasteiger partial charge in [-0.15, -0.1) is 5.10 Å². The topological polar surface area (TPSA) is 98.4 Å². The molecule has 0 bridgehead atoms. The molecule has 24 heavy (non-hydrogen) atoms. The molecule has 4 aromatic heterocycles. The van der Waals surface area contributed by atoms with Crippen molar-refractivity contribution >= 4 is 22.9 Å². The van der Waals surface area contributed by atoms with Gasteiger partial charge in [-0.05, 0) is 31.4 Å².